The van der Waals surface area contributed by atoms with Crippen molar-refractivity contribution in [3.63, 3.8) is 0 Å². The molecule has 0 aromatic rings. The van der Waals surface area contributed by atoms with Crippen molar-refractivity contribution in [3.8, 4) is 0 Å². The molecule has 0 bridgehead atoms. The highest BCUT2D eigenvalue weighted by Crippen LogP contribution is 2.37. The molecule has 0 radical (unpaired) electrons. The van der Waals surface area contributed by atoms with Crippen molar-refractivity contribution in [1.29, 1.82) is 0 Å². The highest BCUT2D eigenvalue weighted by atomic mass is 16.2. The average molecular weight is 307 g/mol. The van der Waals surface area contributed by atoms with Gasteiger partial charge in [-0.1, -0.05) is 6.92 Å². The Hall–Kier alpha value is -1.10. The summed E-state index contributed by atoms with van der Waals surface area (Å²) in [5.74, 6) is 1.69. The lowest BCUT2D eigenvalue weighted by Gasteiger charge is -2.34. The van der Waals surface area contributed by atoms with Crippen molar-refractivity contribution in [2.24, 2.45) is 17.8 Å². The van der Waals surface area contributed by atoms with E-state index in [1.165, 1.54) is 12.8 Å². The first-order valence-electron chi connectivity index (χ1n) is 8.95. The van der Waals surface area contributed by atoms with Crippen LogP contribution in [0.2, 0.25) is 0 Å². The molecule has 0 spiro atoms. The molecule has 2 aliphatic heterocycles. The van der Waals surface area contributed by atoms with E-state index < -0.39 is 0 Å². The first-order valence-corrected chi connectivity index (χ1v) is 8.95. The second kappa shape index (κ2) is 6.99. The Morgan fingerprint density at radius 2 is 2.05 bits per heavy atom. The summed E-state index contributed by atoms with van der Waals surface area (Å²) in [6.45, 7) is 5.44. The van der Waals surface area contributed by atoms with Crippen LogP contribution in [0.3, 0.4) is 0 Å². The summed E-state index contributed by atoms with van der Waals surface area (Å²) in [6, 6.07) is -0.00351. The first kappa shape index (κ1) is 15.8. The highest BCUT2D eigenvalue weighted by molar-refractivity contribution is 5.82. The summed E-state index contributed by atoms with van der Waals surface area (Å²) in [4.78, 5) is 26.6. The van der Waals surface area contributed by atoms with Crippen LogP contribution in [0.5, 0.6) is 0 Å². The SMILES string of the molecule is CC(C(=O)N1CCCC(CNC(=O)C2CCCN2)C1)C1CC1. The quantitative estimate of drug-likeness (QED) is 0.801. The number of hydrogen-bond acceptors (Lipinski definition) is 3. The van der Waals surface area contributed by atoms with Gasteiger partial charge < -0.3 is 15.5 Å². The zero-order chi connectivity index (χ0) is 15.5. The molecule has 5 nitrogen and oxygen atoms in total. The summed E-state index contributed by atoms with van der Waals surface area (Å²) >= 11 is 0. The van der Waals surface area contributed by atoms with E-state index in [4.69, 9.17) is 0 Å². The van der Waals surface area contributed by atoms with Gasteiger partial charge in [0.25, 0.3) is 0 Å². The number of amides is 2. The lowest BCUT2D eigenvalue weighted by atomic mass is 9.95. The molecule has 1 saturated carbocycles. The third kappa shape index (κ3) is 3.80. The van der Waals surface area contributed by atoms with Crippen LogP contribution in [-0.2, 0) is 9.59 Å². The fourth-order valence-electron chi connectivity index (χ4n) is 3.79. The molecule has 5 heteroatoms. The van der Waals surface area contributed by atoms with Gasteiger partial charge in [-0.15, -0.1) is 0 Å². The molecule has 3 fully saturated rings. The average Bonchev–Trinajstić information content (AvgIpc) is 3.25. The second-order valence-electron chi connectivity index (χ2n) is 7.31. The summed E-state index contributed by atoms with van der Waals surface area (Å²) in [6.07, 6.45) is 6.64. The van der Waals surface area contributed by atoms with Crippen LogP contribution in [0, 0.1) is 17.8 Å². The van der Waals surface area contributed by atoms with Crippen molar-refractivity contribution in [3.05, 3.63) is 0 Å². The predicted octanol–water partition coefficient (Wildman–Crippen LogP) is 1.14. The maximum Gasteiger partial charge on any atom is 0.237 e. The maximum atomic E-state index is 12.5. The molecule has 0 aromatic carbocycles. The normalized spacial score (nSPS) is 30.1. The Labute approximate surface area is 133 Å². The topological polar surface area (TPSA) is 61.4 Å². The molecular formula is C17H29N3O2. The molecule has 3 unspecified atom stereocenters. The molecule has 3 aliphatic rings. The van der Waals surface area contributed by atoms with Crippen LogP contribution >= 0.6 is 0 Å². The van der Waals surface area contributed by atoms with Crippen LogP contribution < -0.4 is 10.6 Å². The second-order valence-corrected chi connectivity index (χ2v) is 7.31. The smallest absolute Gasteiger partial charge is 0.237 e. The molecule has 124 valence electrons. The minimum atomic E-state index is -0.00351. The van der Waals surface area contributed by atoms with Gasteiger partial charge in [0.2, 0.25) is 11.8 Å². The molecule has 2 heterocycles. The van der Waals surface area contributed by atoms with E-state index in [0.29, 0.717) is 24.3 Å². The fourth-order valence-corrected chi connectivity index (χ4v) is 3.79. The maximum absolute atomic E-state index is 12.5. The van der Waals surface area contributed by atoms with Gasteiger partial charge in [0, 0.05) is 25.6 Å². The number of carbonyl (C=O) groups excluding carboxylic acids is 2. The number of nitrogens with zero attached hydrogens (tertiary/aromatic N) is 1. The van der Waals surface area contributed by atoms with E-state index >= 15 is 0 Å². The molecule has 3 atom stereocenters. The van der Waals surface area contributed by atoms with Gasteiger partial charge in [-0.3, -0.25) is 9.59 Å². The standard InChI is InChI=1S/C17H29N3O2/c1-12(14-6-7-14)17(22)20-9-3-4-13(11-20)10-19-16(21)15-5-2-8-18-15/h12-15,18H,2-11H2,1H3,(H,19,21). The van der Waals surface area contributed by atoms with Crippen molar-refractivity contribution in [1.82, 2.24) is 15.5 Å². The predicted molar refractivity (Wildman–Crippen MR) is 85.2 cm³/mol. The summed E-state index contributed by atoms with van der Waals surface area (Å²) < 4.78 is 0. The minimum absolute atomic E-state index is 0.00351. The van der Waals surface area contributed by atoms with Crippen LogP contribution in [0.25, 0.3) is 0 Å². The van der Waals surface area contributed by atoms with Crippen LogP contribution in [0.15, 0.2) is 0 Å². The monoisotopic (exact) mass is 307 g/mol. The van der Waals surface area contributed by atoms with Crippen molar-refractivity contribution >= 4 is 11.8 Å². The Kier molecular flexibility index (Phi) is 5.01. The van der Waals surface area contributed by atoms with Crippen molar-refractivity contribution < 1.29 is 9.59 Å². The zero-order valence-electron chi connectivity index (χ0n) is 13.6. The highest BCUT2D eigenvalue weighted by Gasteiger charge is 2.36. The summed E-state index contributed by atoms with van der Waals surface area (Å²) in [5.41, 5.74) is 0. The van der Waals surface area contributed by atoms with E-state index in [1.54, 1.807) is 0 Å². The lowest BCUT2D eigenvalue weighted by molar-refractivity contribution is -0.137. The molecule has 22 heavy (non-hydrogen) atoms. The van der Waals surface area contributed by atoms with Gasteiger partial charge in [0.05, 0.1) is 6.04 Å². The van der Waals surface area contributed by atoms with Gasteiger partial charge in [-0.25, -0.2) is 0 Å². The van der Waals surface area contributed by atoms with E-state index in [0.717, 1.165) is 45.3 Å². The van der Waals surface area contributed by atoms with Gasteiger partial charge in [0.1, 0.15) is 0 Å². The molecule has 3 rings (SSSR count). The Balaban J connectivity index is 1.43. The van der Waals surface area contributed by atoms with Gasteiger partial charge in [0.15, 0.2) is 0 Å². The van der Waals surface area contributed by atoms with E-state index in [2.05, 4.69) is 17.6 Å². The van der Waals surface area contributed by atoms with Gasteiger partial charge in [-0.2, -0.15) is 0 Å². The van der Waals surface area contributed by atoms with Crippen molar-refractivity contribution in [2.75, 3.05) is 26.2 Å². The number of likely N-dealkylation sites (tertiary alicyclic amines) is 1. The van der Waals surface area contributed by atoms with Crippen molar-refractivity contribution in [2.45, 2.75) is 51.5 Å². The molecule has 0 aromatic heterocycles. The molecule has 2 saturated heterocycles. The number of nitrogens with one attached hydrogen (secondary N) is 2. The largest absolute Gasteiger partial charge is 0.354 e. The van der Waals surface area contributed by atoms with Crippen LogP contribution in [0.4, 0.5) is 0 Å². The van der Waals surface area contributed by atoms with E-state index in [9.17, 15) is 9.59 Å². The molecular weight excluding hydrogens is 278 g/mol. The van der Waals surface area contributed by atoms with E-state index in [1.807, 2.05) is 4.90 Å². The van der Waals surface area contributed by atoms with Crippen LogP contribution in [-0.4, -0.2) is 48.9 Å². The number of rotatable bonds is 5. The number of carbonyl (C=O) groups is 2. The third-order valence-electron chi connectivity index (χ3n) is 5.49. The summed E-state index contributed by atoms with van der Waals surface area (Å²) in [5, 5.41) is 6.31. The lowest BCUT2D eigenvalue weighted by Crippen LogP contribution is -2.47. The Bertz CT molecular complexity index is 416. The summed E-state index contributed by atoms with van der Waals surface area (Å²) in [7, 11) is 0. The van der Waals surface area contributed by atoms with Gasteiger partial charge in [-0.05, 0) is 56.9 Å². The fraction of sp³-hybridized carbons (Fsp3) is 0.882. The number of hydrogen-bond donors (Lipinski definition) is 2. The van der Waals surface area contributed by atoms with Gasteiger partial charge >= 0.3 is 0 Å². The first-order chi connectivity index (χ1) is 10.6. The van der Waals surface area contributed by atoms with Crippen LogP contribution in [0.1, 0.15) is 45.4 Å². The molecule has 1 aliphatic carbocycles. The van der Waals surface area contributed by atoms with E-state index in [-0.39, 0.29) is 17.9 Å². The molecule has 2 N–H and O–H groups in total. The molecule has 2 amide bonds. The zero-order valence-corrected chi connectivity index (χ0v) is 13.6. The third-order valence-corrected chi connectivity index (χ3v) is 5.49. The Morgan fingerprint density at radius 1 is 1.23 bits per heavy atom. The number of piperidine rings is 1. The Morgan fingerprint density at radius 3 is 2.73 bits per heavy atom. The minimum Gasteiger partial charge on any atom is -0.354 e.